The number of piperidine rings is 1. The highest BCUT2D eigenvalue weighted by molar-refractivity contribution is 5.75. The van der Waals surface area contributed by atoms with Gasteiger partial charge in [-0.25, -0.2) is 0 Å². The molecule has 3 aromatic heterocycles. The van der Waals surface area contributed by atoms with Crippen LogP contribution in [0.1, 0.15) is 18.5 Å². The van der Waals surface area contributed by atoms with E-state index in [-0.39, 0.29) is 5.56 Å². The monoisotopic (exact) mass is 452 g/mol. The molecule has 10 heteroatoms. The Balaban J connectivity index is 1.13. The van der Waals surface area contributed by atoms with Crippen molar-refractivity contribution >= 4 is 11.0 Å². The molecule has 0 saturated carbocycles. The van der Waals surface area contributed by atoms with E-state index in [4.69, 9.17) is 14.2 Å². The Hall–Kier alpha value is -3.24. The Labute approximate surface area is 191 Å². The van der Waals surface area contributed by atoms with Crippen molar-refractivity contribution in [2.45, 2.75) is 32.0 Å². The third kappa shape index (κ3) is 4.91. The number of nitrogens with one attached hydrogen (secondary N) is 1. The third-order valence-corrected chi connectivity index (χ3v) is 6.17. The molecule has 2 aliphatic heterocycles. The summed E-state index contributed by atoms with van der Waals surface area (Å²) >= 11 is 0. The summed E-state index contributed by atoms with van der Waals surface area (Å²) < 4.78 is 18.0. The van der Waals surface area contributed by atoms with Crippen LogP contribution in [0.4, 0.5) is 0 Å². The number of ether oxygens (including phenoxy) is 3. The van der Waals surface area contributed by atoms with Gasteiger partial charge in [0, 0.05) is 49.3 Å². The van der Waals surface area contributed by atoms with E-state index in [1.165, 1.54) is 0 Å². The number of likely N-dealkylation sites (tertiary alicyclic amines) is 1. The van der Waals surface area contributed by atoms with Gasteiger partial charge in [0.15, 0.2) is 5.75 Å². The van der Waals surface area contributed by atoms with E-state index in [0.29, 0.717) is 55.5 Å². The van der Waals surface area contributed by atoms with Gasteiger partial charge in [0.25, 0.3) is 11.4 Å². The molecule has 5 heterocycles. The largest absolute Gasteiger partial charge is 0.484 e. The lowest BCUT2D eigenvalue weighted by molar-refractivity contribution is 0.161. The minimum atomic E-state index is -0.0413. The molecule has 0 bridgehead atoms. The van der Waals surface area contributed by atoms with Gasteiger partial charge in [-0.2, -0.15) is 10.1 Å². The minimum Gasteiger partial charge on any atom is -0.484 e. The van der Waals surface area contributed by atoms with Crippen molar-refractivity contribution in [3.05, 3.63) is 46.4 Å². The van der Waals surface area contributed by atoms with E-state index in [0.717, 1.165) is 43.6 Å². The zero-order valence-corrected chi connectivity index (χ0v) is 18.7. The Bertz CT molecular complexity index is 1180. The fourth-order valence-electron chi connectivity index (χ4n) is 4.30. The summed E-state index contributed by atoms with van der Waals surface area (Å²) in [5.41, 5.74) is 1.47. The van der Waals surface area contributed by atoms with Crippen molar-refractivity contribution in [1.82, 2.24) is 30.0 Å². The maximum absolute atomic E-state index is 12.5. The van der Waals surface area contributed by atoms with E-state index >= 15 is 0 Å². The van der Waals surface area contributed by atoms with Crippen molar-refractivity contribution in [3.8, 4) is 17.5 Å². The minimum absolute atomic E-state index is 0.0413. The molecule has 174 valence electrons. The first kappa shape index (κ1) is 21.6. The molecular formula is C23H28N6O4. The topological polar surface area (TPSA) is 104 Å². The molecule has 1 fully saturated rings. The van der Waals surface area contributed by atoms with Crippen LogP contribution >= 0.6 is 0 Å². The van der Waals surface area contributed by atoms with Crippen LogP contribution in [0.3, 0.4) is 0 Å². The second-order valence-corrected chi connectivity index (χ2v) is 8.29. The Morgan fingerprint density at radius 1 is 1.09 bits per heavy atom. The second kappa shape index (κ2) is 9.72. The van der Waals surface area contributed by atoms with Crippen LogP contribution in [0.2, 0.25) is 0 Å². The average Bonchev–Trinajstić information content (AvgIpc) is 2.87. The number of rotatable bonds is 7. The summed E-state index contributed by atoms with van der Waals surface area (Å²) in [7, 11) is 1.58. The van der Waals surface area contributed by atoms with Crippen LogP contribution in [-0.2, 0) is 13.1 Å². The smallest absolute Gasteiger partial charge is 0.276 e. The van der Waals surface area contributed by atoms with Crippen LogP contribution in [-0.4, -0.2) is 70.6 Å². The maximum Gasteiger partial charge on any atom is 0.276 e. The Kier molecular flexibility index (Phi) is 6.36. The van der Waals surface area contributed by atoms with Gasteiger partial charge < -0.3 is 24.4 Å². The number of pyridine rings is 2. The maximum atomic E-state index is 12.5. The van der Waals surface area contributed by atoms with Gasteiger partial charge in [0.05, 0.1) is 12.8 Å². The summed E-state index contributed by atoms with van der Waals surface area (Å²) in [5, 5.41) is 12.8. The summed E-state index contributed by atoms with van der Waals surface area (Å²) in [6.45, 7) is 5.05. The fourth-order valence-corrected chi connectivity index (χ4v) is 4.30. The zero-order chi connectivity index (χ0) is 22.6. The number of hydrogen-bond acceptors (Lipinski definition) is 9. The van der Waals surface area contributed by atoms with E-state index in [1.807, 2.05) is 24.3 Å². The van der Waals surface area contributed by atoms with Gasteiger partial charge in [0.1, 0.15) is 18.9 Å². The van der Waals surface area contributed by atoms with Gasteiger partial charge in [-0.15, -0.1) is 5.10 Å². The highest BCUT2D eigenvalue weighted by atomic mass is 16.6. The van der Waals surface area contributed by atoms with Gasteiger partial charge in [-0.1, -0.05) is 0 Å². The number of nitrogens with zero attached hydrogens (tertiary/aromatic N) is 5. The van der Waals surface area contributed by atoms with Crippen LogP contribution in [0.5, 0.6) is 17.5 Å². The molecule has 10 nitrogen and oxygen atoms in total. The summed E-state index contributed by atoms with van der Waals surface area (Å²) in [4.78, 5) is 19.4. The zero-order valence-electron chi connectivity index (χ0n) is 18.7. The average molecular weight is 453 g/mol. The lowest BCUT2D eigenvalue weighted by Gasteiger charge is -2.32. The highest BCUT2D eigenvalue weighted by Crippen LogP contribution is 2.26. The van der Waals surface area contributed by atoms with Crippen LogP contribution in [0, 0.1) is 0 Å². The standard InChI is InChI=1S/C23H28N6O4/c1-31-20-4-2-16-3-5-21(30)29(22(16)25-20)11-10-28-8-6-17(7-9-28)24-15-18-14-19-23(27-26-18)33-13-12-32-19/h2-5,14,17,24H,6-13,15H2,1H3. The van der Waals surface area contributed by atoms with Crippen LogP contribution < -0.4 is 25.1 Å². The highest BCUT2D eigenvalue weighted by Gasteiger charge is 2.20. The lowest BCUT2D eigenvalue weighted by atomic mass is 10.0. The van der Waals surface area contributed by atoms with E-state index in [1.54, 1.807) is 17.7 Å². The fraction of sp³-hybridized carbons (Fsp3) is 0.478. The molecule has 0 amide bonds. The van der Waals surface area contributed by atoms with Crippen LogP contribution in [0.25, 0.3) is 11.0 Å². The number of aromatic nitrogens is 4. The second-order valence-electron chi connectivity index (χ2n) is 8.29. The summed E-state index contributed by atoms with van der Waals surface area (Å²) in [5.74, 6) is 1.65. The molecule has 0 aliphatic carbocycles. The SMILES string of the molecule is COc1ccc2ccc(=O)n(CCN3CCC(NCc4cc5c(nn4)OCCO5)CC3)c2n1. The molecular weight excluding hydrogens is 424 g/mol. The van der Waals surface area contributed by atoms with E-state index < -0.39 is 0 Å². The van der Waals surface area contributed by atoms with E-state index in [2.05, 4.69) is 25.4 Å². The van der Waals surface area contributed by atoms with Crippen molar-refractivity contribution in [3.63, 3.8) is 0 Å². The third-order valence-electron chi connectivity index (χ3n) is 6.17. The number of methoxy groups -OCH3 is 1. The Morgan fingerprint density at radius 3 is 2.76 bits per heavy atom. The first-order chi connectivity index (χ1) is 16.2. The molecule has 0 spiro atoms. The molecule has 0 atom stereocenters. The molecule has 0 radical (unpaired) electrons. The molecule has 5 rings (SSSR count). The van der Waals surface area contributed by atoms with Gasteiger partial charge in [0.2, 0.25) is 5.88 Å². The summed E-state index contributed by atoms with van der Waals surface area (Å²) in [6, 6.07) is 9.47. The Morgan fingerprint density at radius 2 is 1.91 bits per heavy atom. The predicted molar refractivity (Wildman–Crippen MR) is 122 cm³/mol. The summed E-state index contributed by atoms with van der Waals surface area (Å²) in [6.07, 6.45) is 2.07. The van der Waals surface area contributed by atoms with Crippen molar-refractivity contribution in [2.75, 3.05) is 40.0 Å². The van der Waals surface area contributed by atoms with Crippen molar-refractivity contribution in [2.24, 2.45) is 0 Å². The molecule has 1 saturated heterocycles. The molecule has 33 heavy (non-hydrogen) atoms. The molecule has 2 aliphatic rings. The number of hydrogen-bond donors (Lipinski definition) is 1. The van der Waals surface area contributed by atoms with Crippen LogP contribution in [0.15, 0.2) is 35.1 Å². The quantitative estimate of drug-likeness (QED) is 0.567. The lowest BCUT2D eigenvalue weighted by Crippen LogP contribution is -2.43. The molecule has 0 aromatic carbocycles. The normalized spacial score (nSPS) is 16.8. The van der Waals surface area contributed by atoms with E-state index in [9.17, 15) is 4.79 Å². The van der Waals surface area contributed by atoms with Crippen molar-refractivity contribution < 1.29 is 14.2 Å². The predicted octanol–water partition coefficient (Wildman–Crippen LogP) is 1.22. The van der Waals surface area contributed by atoms with Gasteiger partial charge in [-0.05, 0) is 38.1 Å². The van der Waals surface area contributed by atoms with Crippen molar-refractivity contribution in [1.29, 1.82) is 0 Å². The van der Waals surface area contributed by atoms with Gasteiger partial charge >= 0.3 is 0 Å². The molecule has 1 N–H and O–H groups in total. The first-order valence-corrected chi connectivity index (χ1v) is 11.3. The first-order valence-electron chi connectivity index (χ1n) is 11.3. The molecule has 3 aromatic rings. The molecule has 0 unspecified atom stereocenters. The number of fused-ring (bicyclic) bond motifs is 2. The van der Waals surface area contributed by atoms with Gasteiger partial charge in [-0.3, -0.25) is 9.36 Å².